The van der Waals surface area contributed by atoms with Crippen LogP contribution in [0.25, 0.3) is 0 Å². The monoisotopic (exact) mass is 437 g/mol. The van der Waals surface area contributed by atoms with Crippen molar-refractivity contribution in [2.45, 2.75) is 27.7 Å². The summed E-state index contributed by atoms with van der Waals surface area (Å²) in [6.45, 7) is 8.19. The van der Waals surface area contributed by atoms with E-state index in [0.717, 1.165) is 25.3 Å². The minimum Gasteiger partial charge on any atom is -0.450 e. The molecule has 0 aliphatic heterocycles. The van der Waals surface area contributed by atoms with E-state index in [1.165, 1.54) is 21.0 Å². The summed E-state index contributed by atoms with van der Waals surface area (Å²) in [6.07, 6.45) is 0.750. The molecule has 21 heavy (non-hydrogen) atoms. The molecule has 0 aromatic heterocycles. The van der Waals surface area contributed by atoms with Crippen LogP contribution in [-0.2, 0) is 9.53 Å². The van der Waals surface area contributed by atoms with Crippen molar-refractivity contribution in [3.05, 3.63) is 0 Å². The van der Waals surface area contributed by atoms with Gasteiger partial charge in [-0.15, -0.1) is 17.0 Å². The molecule has 4 nitrogen and oxygen atoms in total. The van der Waals surface area contributed by atoms with Crippen molar-refractivity contribution in [1.82, 2.24) is 0 Å². The molecule has 0 aromatic rings. The number of hydrogen-bond donors (Lipinski definition) is 2. The summed E-state index contributed by atoms with van der Waals surface area (Å²) < 4.78 is 4.54. The zero-order valence-corrected chi connectivity index (χ0v) is 19.8. The van der Waals surface area contributed by atoms with Crippen LogP contribution in [0.1, 0.15) is 27.7 Å². The maximum Gasteiger partial charge on any atom is 1.00 e. The van der Waals surface area contributed by atoms with Gasteiger partial charge in [-0.2, -0.15) is 0 Å². The van der Waals surface area contributed by atoms with Gasteiger partial charge in [0.1, 0.15) is 6.29 Å². The summed E-state index contributed by atoms with van der Waals surface area (Å²) in [6, 6.07) is 0. The minimum atomic E-state index is 0. The number of aliphatic hydroxyl groups excluding tert-OH is 2. The summed E-state index contributed by atoms with van der Waals surface area (Å²) in [5.41, 5.74) is 0. The number of rotatable bonds is 2. The summed E-state index contributed by atoms with van der Waals surface area (Å²) in [5, 5.41) is 15.6. The van der Waals surface area contributed by atoms with E-state index in [1.54, 1.807) is 14.0 Å². The van der Waals surface area contributed by atoms with E-state index in [4.69, 9.17) is 30.5 Å². The predicted molar refractivity (Wildman–Crippen MR) is 103 cm³/mol. The maximum atomic E-state index is 8.81. The average Bonchev–Trinajstić information content (AvgIpc) is 2.43. The van der Waals surface area contributed by atoms with Crippen LogP contribution >= 0.6 is 32.9 Å². The third kappa shape index (κ3) is 599. The average molecular weight is 438 g/mol. The van der Waals surface area contributed by atoms with Crippen LogP contribution in [0, 0.1) is 0 Å². The van der Waals surface area contributed by atoms with Gasteiger partial charge < -0.3 is 26.8 Å². The van der Waals surface area contributed by atoms with Gasteiger partial charge in [0.2, 0.25) is 0 Å². The van der Waals surface area contributed by atoms with Crippen molar-refractivity contribution in [2.24, 2.45) is 0 Å². The van der Waals surface area contributed by atoms with Crippen molar-refractivity contribution in [3.8, 4) is 0 Å². The second kappa shape index (κ2) is 122. The quantitative estimate of drug-likeness (QED) is 0.295. The molecule has 0 heterocycles. The molecule has 11 heteroatoms. The van der Waals surface area contributed by atoms with Crippen molar-refractivity contribution < 1.29 is 49.3 Å². The van der Waals surface area contributed by atoms with Crippen LogP contribution in [0.3, 0.4) is 0 Å². The molecule has 0 atom stereocenters. The number of methoxy groups -OCH3 is 1. The largest absolute Gasteiger partial charge is 1.00 e. The topological polar surface area (TPSA) is 66.8 Å². The number of halogens is 2. The van der Waals surface area contributed by atoms with Crippen LogP contribution < -0.4 is 29.6 Å². The Kier molecular flexibility index (Phi) is 288. The number of aldehydes is 1. The van der Waals surface area contributed by atoms with E-state index < -0.39 is 0 Å². The van der Waals surface area contributed by atoms with E-state index in [1.807, 2.05) is 13.8 Å². The van der Waals surface area contributed by atoms with Gasteiger partial charge in [0, 0.05) is 32.8 Å². The molecular weight excluding hydrogens is 410 g/mol. The van der Waals surface area contributed by atoms with E-state index in [2.05, 4.69) is 20.7 Å². The van der Waals surface area contributed by atoms with Gasteiger partial charge in [0.05, 0.1) is 0 Å². The summed E-state index contributed by atoms with van der Waals surface area (Å²) in [5.74, 6) is 0. The van der Waals surface area contributed by atoms with Gasteiger partial charge in [-0.25, -0.2) is 7.06 Å². The Labute approximate surface area is 177 Å². The second-order valence-corrected chi connectivity index (χ2v) is 2.90. The number of hydrogen-bond acceptors (Lipinski definition) is 4. The van der Waals surface area contributed by atoms with Crippen molar-refractivity contribution >= 4 is 68.8 Å². The normalized spacial score (nSPS) is 5.19. The number of carbonyl (C=O) groups excluding carboxylic acids is 1. The summed E-state index contributed by atoms with van der Waals surface area (Å²) in [4.78, 5) is 8.81. The molecule has 0 aliphatic carbocycles. The van der Waals surface area contributed by atoms with Crippen molar-refractivity contribution in [2.75, 3.05) is 32.8 Å². The van der Waals surface area contributed by atoms with Crippen molar-refractivity contribution in [3.63, 3.8) is 0 Å². The fourth-order valence-corrected chi connectivity index (χ4v) is 0. The third-order valence-electron chi connectivity index (χ3n) is 0.400. The molecule has 0 fully saturated rings. The summed E-state index contributed by atoms with van der Waals surface area (Å²) >= 11 is 3.15. The van der Waals surface area contributed by atoms with E-state index in [-0.39, 0.29) is 53.1 Å². The molecule has 2 N–H and O–H groups in total. The Morgan fingerprint density at radius 2 is 1.43 bits per heavy atom. The predicted octanol–water partition coefficient (Wildman–Crippen LogP) is -2.08. The fourth-order valence-electron chi connectivity index (χ4n) is 0. The van der Waals surface area contributed by atoms with Gasteiger partial charge in [-0.3, -0.25) is 7.74 Å². The third-order valence-corrected chi connectivity index (χ3v) is 0.400. The van der Waals surface area contributed by atoms with Crippen LogP contribution in [0.15, 0.2) is 0 Å². The minimum absolute atomic E-state index is 0. The molecule has 7 radical (unpaired) electrons. The molecule has 0 aromatic carbocycles. The number of aliphatic hydroxyl groups is 2. The van der Waals surface area contributed by atoms with Crippen LogP contribution in [0.4, 0.5) is 0 Å². The smallest absolute Gasteiger partial charge is 0.450 e. The first-order valence-electron chi connectivity index (χ1n) is 5.66. The Morgan fingerprint density at radius 1 is 1.33 bits per heavy atom. The first kappa shape index (κ1) is 49.5. The molecule has 0 amide bonds. The van der Waals surface area contributed by atoms with Crippen LogP contribution in [0.5, 0.6) is 0 Å². The first-order chi connectivity index (χ1) is 9.07. The molecule has 0 spiro atoms. The Bertz CT molecular complexity index is 86.1. The van der Waals surface area contributed by atoms with Crippen LogP contribution in [-0.4, -0.2) is 78.9 Å². The number of carbonyl (C=O) groups is 1. The SMILES string of the molecule is Br.CC=O.CCBr.CCO.CCOC.CO.[B][B][B-][B].[Na+]. The second-order valence-electron chi connectivity index (χ2n) is 1.78. The van der Waals surface area contributed by atoms with Gasteiger partial charge in [0.15, 0.2) is 0 Å². The van der Waals surface area contributed by atoms with Crippen molar-refractivity contribution in [1.29, 1.82) is 0 Å². The van der Waals surface area contributed by atoms with Gasteiger partial charge in [0.25, 0.3) is 0 Å². The van der Waals surface area contributed by atoms with Gasteiger partial charge >= 0.3 is 29.6 Å². The Hall–Kier alpha value is 1.77. The molecular formula is C10H28B4Br2NaO4. The summed E-state index contributed by atoms with van der Waals surface area (Å²) in [7, 11) is 14.7. The van der Waals surface area contributed by atoms with Gasteiger partial charge in [-0.05, 0) is 28.5 Å². The molecule has 0 saturated heterocycles. The molecule has 0 rings (SSSR count). The van der Waals surface area contributed by atoms with E-state index in [9.17, 15) is 0 Å². The Morgan fingerprint density at radius 3 is 1.43 bits per heavy atom. The first-order valence-corrected chi connectivity index (χ1v) is 6.78. The number of alkyl halides is 1. The molecule has 0 bridgehead atoms. The zero-order valence-electron chi connectivity index (χ0n) is 14.5. The van der Waals surface area contributed by atoms with E-state index in [0.29, 0.717) is 0 Å². The maximum absolute atomic E-state index is 8.81. The van der Waals surface area contributed by atoms with Crippen LogP contribution in [0.2, 0.25) is 0 Å². The standard InChI is InChI=1S/C3H8O.C2H5Br.C2H6O.C2H4O.CH4O.B4.BrH.Na/c1-3-4-2;3*1-2-3;1-2;1-3-4-2;;/h3H2,1-2H3;2H2,1H3;3H,2H2,1H3;2H,1H3;2H,1H3;;1H;/q;;;;;-1;;+1. The molecule has 0 aliphatic rings. The fraction of sp³-hybridized carbons (Fsp3) is 0.900. The molecule has 119 valence electrons. The zero-order chi connectivity index (χ0) is 16.9. The van der Waals surface area contributed by atoms with Gasteiger partial charge in [-0.1, -0.05) is 22.9 Å². The molecule has 0 saturated carbocycles. The van der Waals surface area contributed by atoms with E-state index >= 15 is 0 Å². The number of ether oxygens (including phenoxy) is 1. The molecule has 0 unspecified atom stereocenters. The Balaban J connectivity index is -0.0000000160.